The molecule has 0 bridgehead atoms. The molecule has 0 heterocycles. The molecule has 0 saturated heterocycles. The van der Waals surface area contributed by atoms with Crippen LogP contribution in [0.5, 0.6) is 0 Å². The Bertz CT molecular complexity index is 484. The summed E-state index contributed by atoms with van der Waals surface area (Å²) in [7, 11) is 0. The molecule has 0 atom stereocenters. The number of aliphatic imine (C=N–C) groups is 1. The minimum Gasteiger partial charge on any atom is -0.369 e. The molecule has 4 N–H and O–H groups in total. The Morgan fingerprint density at radius 2 is 1.81 bits per heavy atom. The number of nitrogens with two attached hydrogens (primary N) is 1. The fourth-order valence-electron chi connectivity index (χ4n) is 1.69. The SMILES string of the molecule is C/C(=N\N)C(=Nc1ccc(N(CCCl)CCCl)cc1)NO. The van der Waals surface area contributed by atoms with Crippen LogP contribution in [0.15, 0.2) is 34.4 Å². The molecule has 0 aromatic heterocycles. The highest BCUT2D eigenvalue weighted by Gasteiger charge is 2.06. The van der Waals surface area contributed by atoms with Gasteiger partial charge in [-0.2, -0.15) is 5.10 Å². The van der Waals surface area contributed by atoms with Crippen LogP contribution in [0, 0.1) is 0 Å². The maximum atomic E-state index is 9.02. The largest absolute Gasteiger partial charge is 0.369 e. The third-order valence-corrected chi connectivity index (χ3v) is 3.14. The van der Waals surface area contributed by atoms with Gasteiger partial charge in [0.05, 0.1) is 5.69 Å². The average molecular weight is 332 g/mol. The molecule has 0 saturated carbocycles. The number of hydrogen-bond acceptors (Lipinski definition) is 5. The summed E-state index contributed by atoms with van der Waals surface area (Å²) in [6.45, 7) is 3.08. The average Bonchev–Trinajstić information content (AvgIpc) is 2.52. The highest BCUT2D eigenvalue weighted by molar-refractivity contribution is 6.40. The van der Waals surface area contributed by atoms with E-state index in [4.69, 9.17) is 34.3 Å². The van der Waals surface area contributed by atoms with Gasteiger partial charge < -0.3 is 10.7 Å². The summed E-state index contributed by atoms with van der Waals surface area (Å²) in [6.07, 6.45) is 0. The molecule has 0 spiro atoms. The van der Waals surface area contributed by atoms with Crippen LogP contribution < -0.4 is 16.2 Å². The van der Waals surface area contributed by atoms with Crippen molar-refractivity contribution >= 4 is 46.1 Å². The zero-order valence-corrected chi connectivity index (χ0v) is 13.3. The predicted octanol–water partition coefficient (Wildman–Crippen LogP) is 2.31. The van der Waals surface area contributed by atoms with Crippen LogP contribution in [0.4, 0.5) is 11.4 Å². The summed E-state index contributed by atoms with van der Waals surface area (Å²) in [5.41, 5.74) is 4.04. The number of nitrogens with zero attached hydrogens (tertiary/aromatic N) is 3. The number of halogens is 2. The van der Waals surface area contributed by atoms with E-state index in [1.807, 2.05) is 29.7 Å². The number of hydrazone groups is 1. The lowest BCUT2D eigenvalue weighted by Gasteiger charge is -2.22. The second-order valence-electron chi connectivity index (χ2n) is 4.17. The van der Waals surface area contributed by atoms with Gasteiger partial charge >= 0.3 is 0 Å². The van der Waals surface area contributed by atoms with Gasteiger partial charge in [0.1, 0.15) is 5.71 Å². The van der Waals surface area contributed by atoms with Crippen molar-refractivity contribution in [2.24, 2.45) is 15.9 Å². The van der Waals surface area contributed by atoms with E-state index in [0.717, 1.165) is 18.8 Å². The minimum absolute atomic E-state index is 0.198. The Balaban J connectivity index is 2.93. The Morgan fingerprint density at radius 1 is 1.24 bits per heavy atom. The van der Waals surface area contributed by atoms with Crippen LogP contribution >= 0.6 is 23.2 Å². The first-order chi connectivity index (χ1) is 10.2. The normalized spacial score (nSPS) is 12.4. The second kappa shape index (κ2) is 9.44. The molecule has 1 rings (SSSR count). The summed E-state index contributed by atoms with van der Waals surface area (Å²) in [5, 5.41) is 12.5. The van der Waals surface area contributed by atoms with Gasteiger partial charge in [0.25, 0.3) is 0 Å². The number of anilines is 1. The summed E-state index contributed by atoms with van der Waals surface area (Å²) in [4.78, 5) is 6.30. The van der Waals surface area contributed by atoms with Crippen molar-refractivity contribution < 1.29 is 5.21 Å². The molecule has 0 aliphatic rings. The van der Waals surface area contributed by atoms with Gasteiger partial charge in [-0.25, -0.2) is 4.99 Å². The predicted molar refractivity (Wildman–Crippen MR) is 89.4 cm³/mol. The summed E-state index contributed by atoms with van der Waals surface area (Å²) in [5.74, 6) is 6.41. The maximum absolute atomic E-state index is 9.02. The smallest absolute Gasteiger partial charge is 0.173 e. The standard InChI is InChI=1S/C13H19Cl2N5O/c1-10(18-16)13(19-21)17-11-2-4-12(5-3-11)20(8-6-14)9-7-15/h2-5,21H,6-9,16H2,1H3,(H,17,19)/b18-10+. The lowest BCUT2D eigenvalue weighted by molar-refractivity contribution is 0.236. The molecular formula is C13H19Cl2N5O. The van der Waals surface area contributed by atoms with E-state index in [-0.39, 0.29) is 5.84 Å². The molecule has 8 heteroatoms. The molecule has 21 heavy (non-hydrogen) atoms. The molecule has 6 nitrogen and oxygen atoms in total. The number of hydroxylamine groups is 1. The molecule has 0 fully saturated rings. The molecule has 0 aliphatic heterocycles. The van der Waals surface area contributed by atoms with Crippen molar-refractivity contribution in [3.8, 4) is 0 Å². The van der Waals surface area contributed by atoms with Crippen LogP contribution in [0.25, 0.3) is 0 Å². The van der Waals surface area contributed by atoms with Crippen LogP contribution in [0.2, 0.25) is 0 Å². The zero-order valence-electron chi connectivity index (χ0n) is 11.8. The highest BCUT2D eigenvalue weighted by Crippen LogP contribution is 2.20. The van der Waals surface area contributed by atoms with Crippen molar-refractivity contribution in [1.82, 2.24) is 5.48 Å². The van der Waals surface area contributed by atoms with Gasteiger partial charge in [0, 0.05) is 30.5 Å². The van der Waals surface area contributed by atoms with Crippen molar-refractivity contribution in [3.63, 3.8) is 0 Å². The summed E-state index contributed by atoms with van der Waals surface area (Å²) >= 11 is 11.6. The Hall–Kier alpha value is -1.50. The van der Waals surface area contributed by atoms with E-state index >= 15 is 0 Å². The molecule has 1 aromatic carbocycles. The minimum atomic E-state index is 0.198. The quantitative estimate of drug-likeness (QED) is 0.235. The van der Waals surface area contributed by atoms with Gasteiger partial charge in [-0.1, -0.05) is 0 Å². The Labute approximate surface area is 134 Å². The third-order valence-electron chi connectivity index (χ3n) is 2.81. The molecule has 116 valence electrons. The van der Waals surface area contributed by atoms with E-state index in [1.165, 1.54) is 0 Å². The lowest BCUT2D eigenvalue weighted by Crippen LogP contribution is -2.27. The fraction of sp³-hybridized carbons (Fsp3) is 0.385. The number of amidine groups is 1. The van der Waals surface area contributed by atoms with E-state index in [9.17, 15) is 0 Å². The molecule has 0 aliphatic carbocycles. The van der Waals surface area contributed by atoms with Gasteiger partial charge in [-0.3, -0.25) is 10.7 Å². The molecule has 0 amide bonds. The van der Waals surface area contributed by atoms with Gasteiger partial charge in [-0.05, 0) is 31.2 Å². The second-order valence-corrected chi connectivity index (χ2v) is 4.92. The monoisotopic (exact) mass is 331 g/mol. The maximum Gasteiger partial charge on any atom is 0.173 e. The first kappa shape index (κ1) is 17.6. The lowest BCUT2D eigenvalue weighted by atomic mass is 10.2. The van der Waals surface area contributed by atoms with Crippen LogP contribution in [0.3, 0.4) is 0 Å². The van der Waals surface area contributed by atoms with Gasteiger partial charge in [-0.15, -0.1) is 23.2 Å². The third kappa shape index (κ3) is 5.41. The highest BCUT2D eigenvalue weighted by atomic mass is 35.5. The Morgan fingerprint density at radius 3 is 2.24 bits per heavy atom. The number of nitrogens with one attached hydrogen (secondary N) is 1. The van der Waals surface area contributed by atoms with Crippen molar-refractivity contribution in [2.75, 3.05) is 29.7 Å². The number of rotatable bonds is 7. The molecule has 0 radical (unpaired) electrons. The number of hydrogen-bond donors (Lipinski definition) is 3. The van der Waals surface area contributed by atoms with Crippen molar-refractivity contribution in [3.05, 3.63) is 24.3 Å². The van der Waals surface area contributed by atoms with Crippen molar-refractivity contribution in [1.29, 1.82) is 0 Å². The molecule has 0 unspecified atom stereocenters. The van der Waals surface area contributed by atoms with E-state index in [0.29, 0.717) is 23.2 Å². The molecular weight excluding hydrogens is 313 g/mol. The first-order valence-electron chi connectivity index (χ1n) is 6.36. The topological polar surface area (TPSA) is 86.2 Å². The summed E-state index contributed by atoms with van der Waals surface area (Å²) in [6, 6.07) is 7.49. The summed E-state index contributed by atoms with van der Waals surface area (Å²) < 4.78 is 0. The van der Waals surface area contributed by atoms with Crippen LogP contribution in [-0.2, 0) is 0 Å². The van der Waals surface area contributed by atoms with E-state index < -0.39 is 0 Å². The fourth-order valence-corrected chi connectivity index (χ4v) is 2.10. The van der Waals surface area contributed by atoms with Gasteiger partial charge in [0.2, 0.25) is 0 Å². The van der Waals surface area contributed by atoms with E-state index in [2.05, 4.69) is 15.0 Å². The van der Waals surface area contributed by atoms with Crippen LogP contribution in [0.1, 0.15) is 6.92 Å². The molecule has 1 aromatic rings. The van der Waals surface area contributed by atoms with Crippen molar-refractivity contribution in [2.45, 2.75) is 6.92 Å². The Kier molecular flexibility index (Phi) is 7.89. The van der Waals surface area contributed by atoms with Crippen LogP contribution in [-0.4, -0.2) is 41.6 Å². The van der Waals surface area contributed by atoms with Gasteiger partial charge in [0.15, 0.2) is 5.84 Å². The van der Waals surface area contributed by atoms with E-state index in [1.54, 1.807) is 6.92 Å². The first-order valence-corrected chi connectivity index (χ1v) is 7.43. The number of benzene rings is 1. The number of alkyl halides is 2. The zero-order chi connectivity index (χ0) is 15.7.